The molecule has 1 aliphatic carbocycles. The van der Waals surface area contributed by atoms with Crippen molar-refractivity contribution in [2.45, 2.75) is 51.0 Å². The summed E-state index contributed by atoms with van der Waals surface area (Å²) in [6, 6.07) is 5.55. The second-order valence-electron chi connectivity index (χ2n) is 7.54. The lowest BCUT2D eigenvalue weighted by molar-refractivity contribution is -0.138. The number of amides is 2. The molecular weight excluding hydrogens is 344 g/mol. The highest BCUT2D eigenvalue weighted by molar-refractivity contribution is 5.81. The van der Waals surface area contributed by atoms with E-state index in [0.717, 1.165) is 50.6 Å². The maximum Gasteiger partial charge on any atom is 0.225 e. The molecule has 1 aliphatic heterocycles. The molecule has 3 rings (SSSR count). The molecule has 1 unspecified atom stereocenters. The molecule has 2 fully saturated rings. The number of likely N-dealkylation sites (tertiary alicyclic amines) is 1. The molecule has 2 amide bonds. The third-order valence-electron chi connectivity index (χ3n) is 5.62. The molecule has 6 nitrogen and oxygen atoms in total. The van der Waals surface area contributed by atoms with Gasteiger partial charge in [-0.1, -0.05) is 12.5 Å². The Morgan fingerprint density at radius 3 is 2.52 bits per heavy atom. The molecule has 6 heteroatoms. The number of benzene rings is 1. The predicted molar refractivity (Wildman–Crippen MR) is 103 cm³/mol. The Bertz CT molecular complexity index is 672. The lowest BCUT2D eigenvalue weighted by Gasteiger charge is -2.32. The van der Waals surface area contributed by atoms with E-state index in [0.29, 0.717) is 18.0 Å². The first-order valence-corrected chi connectivity index (χ1v) is 9.89. The van der Waals surface area contributed by atoms with Gasteiger partial charge in [0.25, 0.3) is 0 Å². The maximum atomic E-state index is 12.6. The summed E-state index contributed by atoms with van der Waals surface area (Å²) in [5.74, 6) is 1.74. The molecule has 1 heterocycles. The van der Waals surface area contributed by atoms with Crippen molar-refractivity contribution < 1.29 is 19.1 Å². The summed E-state index contributed by atoms with van der Waals surface area (Å²) in [4.78, 5) is 27.1. The van der Waals surface area contributed by atoms with Crippen molar-refractivity contribution in [1.82, 2.24) is 10.2 Å². The highest BCUT2D eigenvalue weighted by Gasteiger charge is 2.31. The van der Waals surface area contributed by atoms with Crippen molar-refractivity contribution in [3.8, 4) is 11.5 Å². The molecule has 0 radical (unpaired) electrons. The van der Waals surface area contributed by atoms with E-state index in [1.165, 1.54) is 0 Å². The molecule has 1 saturated heterocycles. The van der Waals surface area contributed by atoms with Crippen LogP contribution in [-0.2, 0) is 16.0 Å². The van der Waals surface area contributed by atoms with Crippen LogP contribution in [0.2, 0.25) is 0 Å². The van der Waals surface area contributed by atoms with Gasteiger partial charge in [-0.3, -0.25) is 9.59 Å². The van der Waals surface area contributed by atoms with Crippen LogP contribution in [0.1, 0.15) is 44.1 Å². The minimum Gasteiger partial charge on any atom is -0.493 e. The molecule has 148 valence electrons. The number of hydrogen-bond donors (Lipinski definition) is 1. The normalized spacial score (nSPS) is 20.4. The van der Waals surface area contributed by atoms with E-state index in [-0.39, 0.29) is 30.2 Å². The van der Waals surface area contributed by atoms with Crippen LogP contribution < -0.4 is 14.8 Å². The lowest BCUT2D eigenvalue weighted by atomic mass is 9.84. The van der Waals surface area contributed by atoms with Crippen LogP contribution in [0, 0.1) is 5.92 Å². The van der Waals surface area contributed by atoms with Crippen LogP contribution in [0.4, 0.5) is 0 Å². The lowest BCUT2D eigenvalue weighted by Crippen LogP contribution is -2.47. The summed E-state index contributed by atoms with van der Waals surface area (Å²) in [5.41, 5.74) is 0.876. The summed E-state index contributed by atoms with van der Waals surface area (Å²) >= 11 is 0. The summed E-state index contributed by atoms with van der Waals surface area (Å²) < 4.78 is 10.5. The molecule has 1 aromatic carbocycles. The topological polar surface area (TPSA) is 67.9 Å². The van der Waals surface area contributed by atoms with Gasteiger partial charge in [0.1, 0.15) is 0 Å². The summed E-state index contributed by atoms with van der Waals surface area (Å²) in [5, 5.41) is 3.13. The zero-order valence-electron chi connectivity index (χ0n) is 16.3. The Morgan fingerprint density at radius 1 is 1.07 bits per heavy atom. The summed E-state index contributed by atoms with van der Waals surface area (Å²) in [6.45, 7) is 1.45. The second-order valence-corrected chi connectivity index (χ2v) is 7.54. The van der Waals surface area contributed by atoms with Gasteiger partial charge in [0.2, 0.25) is 11.8 Å². The number of carbonyl (C=O) groups is 2. The van der Waals surface area contributed by atoms with Gasteiger partial charge in [-0.2, -0.15) is 0 Å². The molecule has 1 aromatic rings. The van der Waals surface area contributed by atoms with Crippen LogP contribution in [0.5, 0.6) is 11.5 Å². The smallest absolute Gasteiger partial charge is 0.225 e. The van der Waals surface area contributed by atoms with E-state index < -0.39 is 0 Å². The standard InChI is InChI=1S/C21H30N2O4/c1-26-18-10-9-15(12-19(18)27-2)13-20(24)22-17-8-3-4-11-23(14-17)21(25)16-6-5-7-16/h9-10,12,16-17H,3-8,11,13-14H2,1-2H3,(H,22,24). The minimum atomic E-state index is -0.0230. The van der Waals surface area contributed by atoms with Gasteiger partial charge in [-0.15, -0.1) is 0 Å². The molecule has 0 bridgehead atoms. The zero-order chi connectivity index (χ0) is 19.2. The van der Waals surface area contributed by atoms with E-state index in [2.05, 4.69) is 5.32 Å². The van der Waals surface area contributed by atoms with E-state index in [9.17, 15) is 9.59 Å². The molecule has 1 atom stereocenters. The van der Waals surface area contributed by atoms with Crippen molar-refractivity contribution in [1.29, 1.82) is 0 Å². The Hall–Kier alpha value is -2.24. The first-order chi connectivity index (χ1) is 13.1. The fourth-order valence-electron chi connectivity index (χ4n) is 3.83. The van der Waals surface area contributed by atoms with Crippen molar-refractivity contribution in [3.05, 3.63) is 23.8 Å². The molecular formula is C21H30N2O4. The van der Waals surface area contributed by atoms with Crippen molar-refractivity contribution in [3.63, 3.8) is 0 Å². The van der Waals surface area contributed by atoms with Crippen molar-refractivity contribution in [2.24, 2.45) is 5.92 Å². The fraction of sp³-hybridized carbons (Fsp3) is 0.619. The Kier molecular flexibility index (Phi) is 6.58. The Balaban J connectivity index is 1.56. The van der Waals surface area contributed by atoms with Crippen LogP contribution in [0.15, 0.2) is 18.2 Å². The zero-order valence-corrected chi connectivity index (χ0v) is 16.3. The van der Waals surface area contributed by atoms with Gasteiger partial charge in [-0.05, 0) is 49.8 Å². The van der Waals surface area contributed by atoms with E-state index in [1.54, 1.807) is 14.2 Å². The average molecular weight is 374 g/mol. The van der Waals surface area contributed by atoms with Gasteiger partial charge in [-0.25, -0.2) is 0 Å². The van der Waals surface area contributed by atoms with Gasteiger partial charge < -0.3 is 19.7 Å². The number of rotatable bonds is 6. The molecule has 27 heavy (non-hydrogen) atoms. The van der Waals surface area contributed by atoms with Gasteiger partial charge >= 0.3 is 0 Å². The first kappa shape index (κ1) is 19.5. The maximum absolute atomic E-state index is 12.6. The average Bonchev–Trinajstić information content (AvgIpc) is 2.85. The monoisotopic (exact) mass is 374 g/mol. The SMILES string of the molecule is COc1ccc(CC(=O)NC2CCCCN(C(=O)C3CCC3)C2)cc1OC. The summed E-state index contributed by atoms with van der Waals surface area (Å²) in [6.07, 6.45) is 6.46. The van der Waals surface area contributed by atoms with Crippen LogP contribution in [0.25, 0.3) is 0 Å². The van der Waals surface area contributed by atoms with Gasteiger partial charge in [0.15, 0.2) is 11.5 Å². The van der Waals surface area contributed by atoms with Crippen molar-refractivity contribution >= 4 is 11.8 Å². The molecule has 1 N–H and O–H groups in total. The number of ether oxygens (including phenoxy) is 2. The molecule has 1 saturated carbocycles. The molecule has 0 aromatic heterocycles. The number of methoxy groups -OCH3 is 2. The van der Waals surface area contributed by atoms with E-state index in [4.69, 9.17) is 9.47 Å². The molecule has 0 spiro atoms. The number of carbonyl (C=O) groups excluding carboxylic acids is 2. The number of hydrogen-bond acceptors (Lipinski definition) is 4. The number of nitrogens with one attached hydrogen (secondary N) is 1. The quantitative estimate of drug-likeness (QED) is 0.831. The van der Waals surface area contributed by atoms with Gasteiger partial charge in [0, 0.05) is 25.0 Å². The van der Waals surface area contributed by atoms with Crippen LogP contribution >= 0.6 is 0 Å². The predicted octanol–water partition coefficient (Wildman–Crippen LogP) is 2.54. The first-order valence-electron chi connectivity index (χ1n) is 9.89. The second kappa shape index (κ2) is 9.11. The third-order valence-corrected chi connectivity index (χ3v) is 5.62. The summed E-state index contributed by atoms with van der Waals surface area (Å²) in [7, 11) is 3.17. The van der Waals surface area contributed by atoms with Crippen molar-refractivity contribution in [2.75, 3.05) is 27.3 Å². The Morgan fingerprint density at radius 2 is 1.85 bits per heavy atom. The largest absolute Gasteiger partial charge is 0.493 e. The minimum absolute atomic E-state index is 0.0230. The van der Waals surface area contributed by atoms with Crippen LogP contribution in [0.3, 0.4) is 0 Å². The number of nitrogens with zero attached hydrogens (tertiary/aromatic N) is 1. The van der Waals surface area contributed by atoms with Gasteiger partial charge in [0.05, 0.1) is 20.6 Å². The van der Waals surface area contributed by atoms with E-state index >= 15 is 0 Å². The third kappa shape index (κ3) is 4.93. The molecule has 2 aliphatic rings. The highest BCUT2D eigenvalue weighted by Crippen LogP contribution is 2.29. The Labute approximate surface area is 161 Å². The highest BCUT2D eigenvalue weighted by atomic mass is 16.5. The fourth-order valence-corrected chi connectivity index (χ4v) is 3.83. The van der Waals surface area contributed by atoms with E-state index in [1.807, 2.05) is 23.1 Å². The van der Waals surface area contributed by atoms with Crippen LogP contribution in [-0.4, -0.2) is 50.1 Å².